The van der Waals surface area contributed by atoms with Crippen LogP contribution in [0.2, 0.25) is 0 Å². The molecule has 3 aromatic carbocycles. The number of sulfonamides is 1. The van der Waals surface area contributed by atoms with Gasteiger partial charge in [-0.2, -0.15) is 4.31 Å². The van der Waals surface area contributed by atoms with Gasteiger partial charge in [0, 0.05) is 56.9 Å². The van der Waals surface area contributed by atoms with Crippen LogP contribution in [0.3, 0.4) is 0 Å². The molecule has 14 heteroatoms. The molecule has 2 heterocycles. The number of hydrogen-bond donors (Lipinski definition) is 0. The summed E-state index contributed by atoms with van der Waals surface area (Å²) in [7, 11) is -2.77. The highest BCUT2D eigenvalue weighted by atomic mass is 32.2. The lowest BCUT2D eigenvalue weighted by Crippen LogP contribution is -2.47. The Kier molecular flexibility index (Phi) is 9.92. The van der Waals surface area contributed by atoms with E-state index in [0.717, 1.165) is 21.3 Å². The first-order valence-electron chi connectivity index (χ1n) is 15.9. The number of rotatable bonds is 12. The molecule has 1 aromatic heterocycles. The van der Waals surface area contributed by atoms with Crippen LogP contribution in [0, 0.1) is 22.5 Å². The molecule has 0 radical (unpaired) electrons. The first kappa shape index (κ1) is 35.2. The standard InChI is InChI=1S/C35H39N5O8S/c1-6-39-28-15-14-26(23-30(28)36(5)33(42)35(3,4)34(39)43)48-21-9-17-38(49(46,47)31-11-8-7-10-29(31)40(44)45)20-19-37-18-16-25-13-12-24(2)22-27(25)32(37)41/h7-8,10-16,18,22-23H,6,9,17,19-21H2,1-5H3. The highest BCUT2D eigenvalue weighted by molar-refractivity contribution is 7.89. The van der Waals surface area contributed by atoms with Gasteiger partial charge in [0.2, 0.25) is 21.8 Å². The molecule has 0 saturated heterocycles. The summed E-state index contributed by atoms with van der Waals surface area (Å²) in [6, 6.07) is 17.5. The van der Waals surface area contributed by atoms with Crippen LogP contribution in [0.1, 0.15) is 32.8 Å². The maximum atomic E-state index is 13.9. The molecule has 2 amide bonds. The molecule has 0 N–H and O–H groups in total. The zero-order chi connectivity index (χ0) is 35.7. The average Bonchev–Trinajstić information content (AvgIpc) is 3.13. The number of amides is 2. The maximum Gasteiger partial charge on any atom is 0.289 e. The van der Waals surface area contributed by atoms with Gasteiger partial charge in [-0.25, -0.2) is 8.42 Å². The molecule has 0 saturated carbocycles. The average molecular weight is 690 g/mol. The quantitative estimate of drug-likeness (QED) is 0.0896. The van der Waals surface area contributed by atoms with Crippen molar-refractivity contribution in [2.45, 2.75) is 45.6 Å². The number of fused-ring (bicyclic) bond motifs is 2. The Morgan fingerprint density at radius 1 is 0.939 bits per heavy atom. The number of hydrogen-bond acceptors (Lipinski definition) is 8. The van der Waals surface area contributed by atoms with Crippen molar-refractivity contribution in [3.05, 3.63) is 99.0 Å². The summed E-state index contributed by atoms with van der Waals surface area (Å²) in [6.07, 6.45) is 1.80. The number of anilines is 2. The van der Waals surface area contributed by atoms with Crippen molar-refractivity contribution >= 4 is 49.7 Å². The molecule has 5 rings (SSSR count). The fourth-order valence-electron chi connectivity index (χ4n) is 6.01. The predicted molar refractivity (Wildman–Crippen MR) is 187 cm³/mol. The summed E-state index contributed by atoms with van der Waals surface area (Å²) < 4.78 is 36.4. The number of nitro benzene ring substituents is 1. The third-order valence-corrected chi connectivity index (χ3v) is 10.7. The third-order valence-electron chi connectivity index (χ3n) is 8.76. The minimum Gasteiger partial charge on any atom is -0.493 e. The molecule has 0 atom stereocenters. The van der Waals surface area contributed by atoms with E-state index in [1.54, 1.807) is 62.3 Å². The van der Waals surface area contributed by atoms with Crippen LogP contribution in [0.15, 0.2) is 82.6 Å². The Morgan fingerprint density at radius 3 is 2.39 bits per heavy atom. The number of nitrogens with zero attached hydrogens (tertiary/aromatic N) is 5. The topological polar surface area (TPSA) is 152 Å². The third kappa shape index (κ3) is 6.78. The second kappa shape index (κ2) is 13.8. The molecule has 0 unspecified atom stereocenters. The van der Waals surface area contributed by atoms with Crippen molar-refractivity contribution in [2.75, 3.05) is 43.1 Å². The summed E-state index contributed by atoms with van der Waals surface area (Å²) in [4.78, 5) is 53.2. The fraction of sp³-hybridized carbons (Fsp3) is 0.343. The van der Waals surface area contributed by atoms with Crippen LogP contribution in [-0.4, -0.2) is 67.3 Å². The van der Waals surface area contributed by atoms with Crippen molar-refractivity contribution in [3.63, 3.8) is 0 Å². The fourth-order valence-corrected chi connectivity index (χ4v) is 7.63. The Balaban J connectivity index is 1.37. The van der Waals surface area contributed by atoms with Crippen molar-refractivity contribution in [3.8, 4) is 5.75 Å². The van der Waals surface area contributed by atoms with Gasteiger partial charge in [0.25, 0.3) is 11.2 Å². The van der Waals surface area contributed by atoms with E-state index in [0.29, 0.717) is 29.1 Å². The highest BCUT2D eigenvalue weighted by Crippen LogP contribution is 2.40. The van der Waals surface area contributed by atoms with Crippen LogP contribution in [0.5, 0.6) is 5.75 Å². The number of ether oxygens (including phenoxy) is 1. The van der Waals surface area contributed by atoms with Gasteiger partial charge in [0.1, 0.15) is 11.2 Å². The zero-order valence-electron chi connectivity index (χ0n) is 28.1. The molecule has 1 aliphatic rings. The molecule has 258 valence electrons. The van der Waals surface area contributed by atoms with E-state index in [4.69, 9.17) is 4.74 Å². The van der Waals surface area contributed by atoms with E-state index >= 15 is 0 Å². The molecule has 49 heavy (non-hydrogen) atoms. The van der Waals surface area contributed by atoms with Gasteiger partial charge < -0.3 is 19.1 Å². The van der Waals surface area contributed by atoms with E-state index < -0.39 is 30.9 Å². The lowest BCUT2D eigenvalue weighted by atomic mass is 9.90. The maximum absolute atomic E-state index is 13.9. The first-order valence-corrected chi connectivity index (χ1v) is 17.3. The van der Waals surface area contributed by atoms with E-state index in [-0.39, 0.29) is 50.0 Å². The van der Waals surface area contributed by atoms with Crippen molar-refractivity contribution in [1.82, 2.24) is 8.87 Å². The number of para-hydroxylation sites is 1. The van der Waals surface area contributed by atoms with E-state index in [2.05, 4.69) is 0 Å². The molecule has 0 fully saturated rings. The molecule has 0 aliphatic carbocycles. The van der Waals surface area contributed by atoms with Crippen LogP contribution in [-0.2, 0) is 26.2 Å². The first-order chi connectivity index (χ1) is 23.2. The van der Waals surface area contributed by atoms with Crippen molar-refractivity contribution in [2.24, 2.45) is 5.41 Å². The molecule has 0 spiro atoms. The summed E-state index contributed by atoms with van der Waals surface area (Å²) in [6.45, 7) is 7.16. The number of aryl methyl sites for hydroxylation is 1. The molecule has 13 nitrogen and oxygen atoms in total. The second-order valence-electron chi connectivity index (χ2n) is 12.4. The molecule has 0 bridgehead atoms. The number of pyridine rings is 1. The largest absolute Gasteiger partial charge is 0.493 e. The van der Waals surface area contributed by atoms with Crippen molar-refractivity contribution < 1.29 is 27.7 Å². The Bertz CT molecular complexity index is 2110. The van der Waals surface area contributed by atoms with Gasteiger partial charge in [-0.1, -0.05) is 29.8 Å². The van der Waals surface area contributed by atoms with Crippen molar-refractivity contribution in [1.29, 1.82) is 0 Å². The van der Waals surface area contributed by atoms with E-state index in [9.17, 15) is 32.9 Å². The van der Waals surface area contributed by atoms with Gasteiger partial charge in [-0.05, 0) is 69.8 Å². The van der Waals surface area contributed by atoms with E-state index in [1.807, 2.05) is 26.0 Å². The number of carbonyl (C=O) groups is 2. The lowest BCUT2D eigenvalue weighted by Gasteiger charge is -2.27. The van der Waals surface area contributed by atoms with Gasteiger partial charge in [-0.15, -0.1) is 0 Å². The molecule has 1 aliphatic heterocycles. The van der Waals surface area contributed by atoms with Crippen LogP contribution >= 0.6 is 0 Å². The number of nitro groups is 1. The Labute approximate surface area is 284 Å². The SMILES string of the molecule is CCN1C(=O)C(C)(C)C(=O)N(C)c2cc(OCCCN(CCn3ccc4ccc(C)cc4c3=O)S(=O)(=O)c3ccccc3[N+](=O)[O-])ccc21. The predicted octanol–water partition coefficient (Wildman–Crippen LogP) is 4.73. The minimum atomic E-state index is -4.37. The minimum absolute atomic E-state index is 0.0115. The summed E-state index contributed by atoms with van der Waals surface area (Å²) in [5, 5.41) is 13.0. The van der Waals surface area contributed by atoms with Crippen LogP contribution < -0.4 is 20.1 Å². The number of benzene rings is 3. The number of carbonyl (C=O) groups excluding carboxylic acids is 2. The molecular weight excluding hydrogens is 650 g/mol. The number of aromatic nitrogens is 1. The Morgan fingerprint density at radius 2 is 1.67 bits per heavy atom. The lowest BCUT2D eigenvalue weighted by molar-refractivity contribution is -0.387. The van der Waals surface area contributed by atoms with Gasteiger partial charge in [-0.3, -0.25) is 24.5 Å². The summed E-state index contributed by atoms with van der Waals surface area (Å²) in [5.74, 6) is -0.253. The Hall–Kier alpha value is -5.08. The van der Waals surface area contributed by atoms with E-state index in [1.165, 1.54) is 27.7 Å². The van der Waals surface area contributed by atoms with Crippen LogP contribution in [0.4, 0.5) is 17.1 Å². The second-order valence-corrected chi connectivity index (χ2v) is 14.3. The monoisotopic (exact) mass is 689 g/mol. The summed E-state index contributed by atoms with van der Waals surface area (Å²) >= 11 is 0. The summed E-state index contributed by atoms with van der Waals surface area (Å²) in [5.41, 5.74) is -0.0954. The zero-order valence-corrected chi connectivity index (χ0v) is 28.9. The van der Waals surface area contributed by atoms with Gasteiger partial charge >= 0.3 is 0 Å². The molecular formula is C35H39N5O8S. The smallest absolute Gasteiger partial charge is 0.289 e. The van der Waals surface area contributed by atoms with Gasteiger partial charge in [0.15, 0.2) is 4.90 Å². The van der Waals surface area contributed by atoms with Crippen LogP contribution in [0.25, 0.3) is 10.8 Å². The molecule has 4 aromatic rings. The highest BCUT2D eigenvalue weighted by Gasteiger charge is 2.45. The van der Waals surface area contributed by atoms with Gasteiger partial charge in [0.05, 0.1) is 22.9 Å². The normalized spacial score (nSPS) is 14.7.